The van der Waals surface area contributed by atoms with E-state index in [1.165, 1.54) is 0 Å². The zero-order chi connectivity index (χ0) is 19.3. The van der Waals surface area contributed by atoms with Gasteiger partial charge in [-0.3, -0.25) is 0 Å². The first kappa shape index (κ1) is 19.1. The standard InChI is InChI=1S/C19H21N3O4S/c1-14-6-3-4-7-16(14)13-27(23,24)20-11-10-18-21-19(22-26-18)15-8-5-9-17(12-15)25-2/h3-9,12,20H,10-11,13H2,1-2H3. The zero-order valence-electron chi connectivity index (χ0n) is 15.2. The van der Waals surface area contributed by atoms with Crippen molar-refractivity contribution in [1.29, 1.82) is 0 Å². The summed E-state index contributed by atoms with van der Waals surface area (Å²) >= 11 is 0. The van der Waals surface area contributed by atoms with Gasteiger partial charge in [-0.2, -0.15) is 4.98 Å². The van der Waals surface area contributed by atoms with E-state index in [1.807, 2.05) is 49.4 Å². The fourth-order valence-corrected chi connectivity index (χ4v) is 3.83. The van der Waals surface area contributed by atoms with Crippen molar-refractivity contribution in [1.82, 2.24) is 14.9 Å². The van der Waals surface area contributed by atoms with Gasteiger partial charge in [0.25, 0.3) is 0 Å². The topological polar surface area (TPSA) is 94.3 Å². The minimum absolute atomic E-state index is 0.0570. The summed E-state index contributed by atoms with van der Waals surface area (Å²) in [4.78, 5) is 4.31. The molecule has 7 nitrogen and oxygen atoms in total. The van der Waals surface area contributed by atoms with E-state index in [4.69, 9.17) is 9.26 Å². The first-order valence-corrected chi connectivity index (χ1v) is 10.1. The lowest BCUT2D eigenvalue weighted by Gasteiger charge is -2.07. The molecule has 0 atom stereocenters. The Morgan fingerprint density at radius 1 is 1.15 bits per heavy atom. The van der Waals surface area contributed by atoms with Gasteiger partial charge >= 0.3 is 0 Å². The van der Waals surface area contributed by atoms with Crippen LogP contribution in [-0.4, -0.2) is 32.2 Å². The van der Waals surface area contributed by atoms with Gasteiger partial charge in [-0.25, -0.2) is 13.1 Å². The largest absolute Gasteiger partial charge is 0.497 e. The summed E-state index contributed by atoms with van der Waals surface area (Å²) in [7, 11) is -1.85. The Morgan fingerprint density at radius 2 is 1.96 bits per heavy atom. The van der Waals surface area contributed by atoms with E-state index >= 15 is 0 Å². The fourth-order valence-electron chi connectivity index (χ4n) is 2.58. The minimum atomic E-state index is -3.44. The van der Waals surface area contributed by atoms with Crippen LogP contribution in [0.2, 0.25) is 0 Å². The van der Waals surface area contributed by atoms with E-state index in [2.05, 4.69) is 14.9 Å². The smallest absolute Gasteiger partial charge is 0.228 e. The summed E-state index contributed by atoms with van der Waals surface area (Å²) in [5.41, 5.74) is 2.50. The Morgan fingerprint density at radius 3 is 2.74 bits per heavy atom. The summed E-state index contributed by atoms with van der Waals surface area (Å²) < 4.78 is 37.5. The maximum absolute atomic E-state index is 12.2. The van der Waals surface area contributed by atoms with E-state index in [9.17, 15) is 8.42 Å². The third-order valence-corrected chi connectivity index (χ3v) is 5.40. The number of nitrogens with zero attached hydrogens (tertiary/aromatic N) is 2. The van der Waals surface area contributed by atoms with Crippen molar-refractivity contribution in [2.75, 3.05) is 13.7 Å². The maximum atomic E-state index is 12.2. The Kier molecular flexibility index (Phi) is 5.88. The second kappa shape index (κ2) is 8.32. The van der Waals surface area contributed by atoms with Gasteiger partial charge < -0.3 is 9.26 Å². The number of nitrogens with one attached hydrogen (secondary N) is 1. The highest BCUT2D eigenvalue weighted by Gasteiger charge is 2.14. The quantitative estimate of drug-likeness (QED) is 0.639. The molecule has 0 radical (unpaired) electrons. The van der Waals surface area contributed by atoms with E-state index in [1.54, 1.807) is 13.2 Å². The predicted molar refractivity (Wildman–Crippen MR) is 102 cm³/mol. The molecule has 0 bridgehead atoms. The van der Waals surface area contributed by atoms with Gasteiger partial charge in [-0.1, -0.05) is 41.6 Å². The van der Waals surface area contributed by atoms with E-state index in [-0.39, 0.29) is 12.3 Å². The Balaban J connectivity index is 1.58. The molecule has 1 N–H and O–H groups in total. The molecule has 3 aromatic rings. The van der Waals surface area contributed by atoms with Crippen LogP contribution in [0.5, 0.6) is 5.75 Å². The number of methoxy groups -OCH3 is 1. The van der Waals surface area contributed by atoms with Crippen LogP contribution in [0.25, 0.3) is 11.4 Å². The third-order valence-electron chi connectivity index (χ3n) is 4.06. The minimum Gasteiger partial charge on any atom is -0.497 e. The third kappa shape index (κ3) is 5.15. The number of aryl methyl sites for hydroxylation is 1. The number of sulfonamides is 1. The highest BCUT2D eigenvalue weighted by molar-refractivity contribution is 7.88. The summed E-state index contributed by atoms with van der Waals surface area (Å²) in [6.45, 7) is 2.08. The fraction of sp³-hybridized carbons (Fsp3) is 0.263. The molecule has 0 spiro atoms. The van der Waals surface area contributed by atoms with Crippen LogP contribution in [0, 0.1) is 6.92 Å². The molecule has 3 rings (SSSR count). The van der Waals surface area contributed by atoms with Crippen molar-refractivity contribution in [3.8, 4) is 17.1 Å². The first-order chi connectivity index (χ1) is 13.0. The molecule has 0 aliphatic heterocycles. The van der Waals surface area contributed by atoms with Gasteiger partial charge in [0.15, 0.2) is 0 Å². The Labute approximate surface area is 158 Å². The number of ether oxygens (including phenoxy) is 1. The molecule has 0 amide bonds. The van der Waals surface area contributed by atoms with Crippen molar-refractivity contribution in [3.05, 3.63) is 65.5 Å². The zero-order valence-corrected chi connectivity index (χ0v) is 16.0. The SMILES string of the molecule is COc1cccc(-c2noc(CCNS(=O)(=O)Cc3ccccc3C)n2)c1. The number of benzene rings is 2. The second-order valence-electron chi connectivity index (χ2n) is 6.07. The monoisotopic (exact) mass is 387 g/mol. The van der Waals surface area contributed by atoms with Crippen LogP contribution in [0.3, 0.4) is 0 Å². The highest BCUT2D eigenvalue weighted by Crippen LogP contribution is 2.21. The molecule has 0 aliphatic rings. The molecule has 0 fully saturated rings. The molecular weight excluding hydrogens is 366 g/mol. The van der Waals surface area contributed by atoms with Gasteiger partial charge in [0.1, 0.15) is 5.75 Å². The normalized spacial score (nSPS) is 11.5. The van der Waals surface area contributed by atoms with Crippen molar-refractivity contribution < 1.29 is 17.7 Å². The van der Waals surface area contributed by atoms with Gasteiger partial charge in [0.05, 0.1) is 12.9 Å². The number of aromatic nitrogens is 2. The van der Waals surface area contributed by atoms with Crippen LogP contribution >= 0.6 is 0 Å². The molecular formula is C19H21N3O4S. The number of hydrogen-bond donors (Lipinski definition) is 1. The Bertz CT molecular complexity index is 1020. The van der Waals surface area contributed by atoms with Crippen molar-refractivity contribution in [3.63, 3.8) is 0 Å². The lowest BCUT2D eigenvalue weighted by molar-refractivity contribution is 0.379. The second-order valence-corrected chi connectivity index (χ2v) is 7.88. The van der Waals surface area contributed by atoms with Crippen molar-refractivity contribution in [2.45, 2.75) is 19.1 Å². The molecule has 0 unspecified atom stereocenters. The van der Waals surface area contributed by atoms with Crippen LogP contribution in [0.1, 0.15) is 17.0 Å². The van der Waals surface area contributed by atoms with Gasteiger partial charge in [-0.05, 0) is 30.2 Å². The van der Waals surface area contributed by atoms with E-state index in [0.29, 0.717) is 23.9 Å². The summed E-state index contributed by atoms with van der Waals surface area (Å²) in [6, 6.07) is 14.7. The van der Waals surface area contributed by atoms with Gasteiger partial charge in [0, 0.05) is 18.5 Å². The predicted octanol–water partition coefficient (Wildman–Crippen LogP) is 2.72. The lowest BCUT2D eigenvalue weighted by atomic mass is 10.1. The lowest BCUT2D eigenvalue weighted by Crippen LogP contribution is -2.27. The van der Waals surface area contributed by atoms with Gasteiger partial charge in [0.2, 0.25) is 21.7 Å². The van der Waals surface area contributed by atoms with Gasteiger partial charge in [-0.15, -0.1) is 0 Å². The highest BCUT2D eigenvalue weighted by atomic mass is 32.2. The molecule has 1 heterocycles. The van der Waals surface area contributed by atoms with Crippen molar-refractivity contribution >= 4 is 10.0 Å². The number of rotatable bonds is 8. The average Bonchev–Trinajstić information content (AvgIpc) is 3.12. The molecule has 2 aromatic carbocycles. The molecule has 142 valence electrons. The number of hydrogen-bond acceptors (Lipinski definition) is 6. The van der Waals surface area contributed by atoms with Crippen LogP contribution in [0.15, 0.2) is 53.1 Å². The molecule has 27 heavy (non-hydrogen) atoms. The summed E-state index contributed by atoms with van der Waals surface area (Å²) in [5.74, 6) is 1.44. The molecule has 0 saturated carbocycles. The van der Waals surface area contributed by atoms with Crippen LogP contribution in [0.4, 0.5) is 0 Å². The van der Waals surface area contributed by atoms with E-state index in [0.717, 1.165) is 16.7 Å². The molecule has 0 saturated heterocycles. The summed E-state index contributed by atoms with van der Waals surface area (Å²) in [5, 5.41) is 3.94. The van der Waals surface area contributed by atoms with Crippen LogP contribution < -0.4 is 9.46 Å². The van der Waals surface area contributed by atoms with E-state index < -0.39 is 10.0 Å². The van der Waals surface area contributed by atoms with Crippen LogP contribution in [-0.2, 0) is 22.2 Å². The Hall–Kier alpha value is -2.71. The summed E-state index contributed by atoms with van der Waals surface area (Å²) in [6.07, 6.45) is 0.309. The average molecular weight is 387 g/mol. The molecule has 1 aromatic heterocycles. The molecule has 0 aliphatic carbocycles. The maximum Gasteiger partial charge on any atom is 0.228 e. The first-order valence-electron chi connectivity index (χ1n) is 8.46. The molecule has 8 heteroatoms. The van der Waals surface area contributed by atoms with Crippen molar-refractivity contribution in [2.24, 2.45) is 0 Å².